The van der Waals surface area contributed by atoms with Gasteiger partial charge in [-0.1, -0.05) is 0 Å². The highest BCUT2D eigenvalue weighted by Crippen LogP contribution is 2.12. The molecule has 0 saturated heterocycles. The maximum Gasteiger partial charge on any atom is 0.355 e. The minimum absolute atomic E-state index is 0.0532. The van der Waals surface area contributed by atoms with Crippen LogP contribution in [0.3, 0.4) is 0 Å². The number of carbonyl (C=O) groups is 1. The highest BCUT2D eigenvalue weighted by Gasteiger charge is 2.08. The van der Waals surface area contributed by atoms with Crippen molar-refractivity contribution in [2.75, 3.05) is 11.9 Å². The SMILES string of the molecule is CC(C)Oc1ccnc(NCCc2nc(C(=O)O)cs2)n1. The first-order chi connectivity index (χ1) is 10.0. The summed E-state index contributed by atoms with van der Waals surface area (Å²) < 4.78 is 5.48. The number of rotatable bonds is 7. The molecule has 2 aromatic heterocycles. The number of hydrogen-bond donors (Lipinski definition) is 2. The third-order valence-corrected chi connectivity index (χ3v) is 3.29. The number of ether oxygens (including phenoxy) is 1. The molecule has 0 aliphatic rings. The van der Waals surface area contributed by atoms with Crippen molar-refractivity contribution >= 4 is 23.3 Å². The molecule has 0 spiro atoms. The molecule has 0 saturated carbocycles. The minimum Gasteiger partial charge on any atom is -0.476 e. The van der Waals surface area contributed by atoms with Crippen LogP contribution < -0.4 is 10.1 Å². The van der Waals surface area contributed by atoms with Crippen molar-refractivity contribution in [3.05, 3.63) is 28.3 Å². The zero-order chi connectivity index (χ0) is 15.2. The molecule has 0 bridgehead atoms. The van der Waals surface area contributed by atoms with Crippen LogP contribution in [0.5, 0.6) is 5.88 Å². The van der Waals surface area contributed by atoms with Gasteiger partial charge in [0.2, 0.25) is 11.8 Å². The molecule has 21 heavy (non-hydrogen) atoms. The Bertz CT molecular complexity index is 615. The largest absolute Gasteiger partial charge is 0.476 e. The zero-order valence-corrected chi connectivity index (χ0v) is 12.6. The number of nitrogens with one attached hydrogen (secondary N) is 1. The van der Waals surface area contributed by atoms with E-state index < -0.39 is 5.97 Å². The Morgan fingerprint density at radius 1 is 1.48 bits per heavy atom. The molecule has 2 N–H and O–H groups in total. The molecule has 2 aromatic rings. The topological polar surface area (TPSA) is 97.2 Å². The van der Waals surface area contributed by atoms with Crippen LogP contribution >= 0.6 is 11.3 Å². The van der Waals surface area contributed by atoms with E-state index in [1.165, 1.54) is 16.7 Å². The van der Waals surface area contributed by atoms with Crippen LogP contribution in [-0.4, -0.2) is 38.7 Å². The van der Waals surface area contributed by atoms with Gasteiger partial charge < -0.3 is 15.2 Å². The summed E-state index contributed by atoms with van der Waals surface area (Å²) in [5.41, 5.74) is 0.0820. The summed E-state index contributed by atoms with van der Waals surface area (Å²) in [6.07, 6.45) is 2.28. The van der Waals surface area contributed by atoms with Crippen molar-refractivity contribution < 1.29 is 14.6 Å². The molecule has 0 aliphatic heterocycles. The Labute approximate surface area is 126 Å². The second-order valence-corrected chi connectivity index (χ2v) is 5.44. The first-order valence-electron chi connectivity index (χ1n) is 6.46. The number of thiazole rings is 1. The Kier molecular flexibility index (Phi) is 5.04. The lowest BCUT2D eigenvalue weighted by atomic mass is 10.4. The van der Waals surface area contributed by atoms with Crippen LogP contribution in [0.15, 0.2) is 17.6 Å². The van der Waals surface area contributed by atoms with Gasteiger partial charge in [0.05, 0.1) is 11.1 Å². The maximum atomic E-state index is 10.7. The van der Waals surface area contributed by atoms with E-state index in [0.29, 0.717) is 24.8 Å². The fourth-order valence-corrected chi connectivity index (χ4v) is 2.31. The number of carboxylic acid groups (broad SMARTS) is 1. The average Bonchev–Trinajstić information content (AvgIpc) is 2.87. The van der Waals surface area contributed by atoms with Crippen molar-refractivity contribution in [1.82, 2.24) is 15.0 Å². The van der Waals surface area contributed by atoms with Crippen LogP contribution in [-0.2, 0) is 6.42 Å². The van der Waals surface area contributed by atoms with Crippen LogP contribution in [0, 0.1) is 0 Å². The lowest BCUT2D eigenvalue weighted by molar-refractivity contribution is 0.0691. The molecule has 0 radical (unpaired) electrons. The molecule has 112 valence electrons. The van der Waals surface area contributed by atoms with E-state index in [0.717, 1.165) is 5.01 Å². The van der Waals surface area contributed by atoms with Crippen LogP contribution in [0.25, 0.3) is 0 Å². The van der Waals surface area contributed by atoms with E-state index in [1.54, 1.807) is 12.3 Å². The second kappa shape index (κ2) is 6.98. The summed E-state index contributed by atoms with van der Waals surface area (Å²) in [5.74, 6) is -0.0135. The van der Waals surface area contributed by atoms with Gasteiger partial charge in [-0.2, -0.15) is 4.98 Å². The van der Waals surface area contributed by atoms with Crippen molar-refractivity contribution in [2.24, 2.45) is 0 Å². The Morgan fingerprint density at radius 2 is 2.29 bits per heavy atom. The molecule has 0 aliphatic carbocycles. The lowest BCUT2D eigenvalue weighted by Gasteiger charge is -2.09. The number of aromatic nitrogens is 3. The third-order valence-electron chi connectivity index (χ3n) is 2.38. The van der Waals surface area contributed by atoms with Crippen LogP contribution in [0.1, 0.15) is 29.3 Å². The summed E-state index contributed by atoms with van der Waals surface area (Å²) in [6.45, 7) is 4.42. The van der Waals surface area contributed by atoms with E-state index in [1.807, 2.05) is 13.8 Å². The first kappa shape index (κ1) is 15.2. The van der Waals surface area contributed by atoms with E-state index >= 15 is 0 Å². The van der Waals surface area contributed by atoms with E-state index in [9.17, 15) is 4.79 Å². The van der Waals surface area contributed by atoms with E-state index in [-0.39, 0.29) is 11.8 Å². The van der Waals surface area contributed by atoms with Crippen molar-refractivity contribution in [3.63, 3.8) is 0 Å². The molecule has 7 nitrogen and oxygen atoms in total. The van der Waals surface area contributed by atoms with Gasteiger partial charge in [0.25, 0.3) is 0 Å². The van der Waals surface area contributed by atoms with Gasteiger partial charge in [0.15, 0.2) is 5.69 Å². The molecule has 0 fully saturated rings. The van der Waals surface area contributed by atoms with Crippen molar-refractivity contribution in [3.8, 4) is 5.88 Å². The summed E-state index contributed by atoms with van der Waals surface area (Å²) in [7, 11) is 0. The molecule has 2 rings (SSSR count). The third kappa shape index (κ3) is 4.67. The standard InChI is InChI=1S/C13H16N4O3S/c1-8(2)20-10-3-5-14-13(17-10)15-6-4-11-16-9(7-21-11)12(18)19/h3,5,7-8H,4,6H2,1-2H3,(H,18,19)(H,14,15,17). The summed E-state index contributed by atoms with van der Waals surface area (Å²) >= 11 is 1.33. The van der Waals surface area contributed by atoms with Gasteiger partial charge in [-0.15, -0.1) is 11.3 Å². The highest BCUT2D eigenvalue weighted by molar-refractivity contribution is 7.09. The number of carboxylic acids is 1. The molecule has 0 unspecified atom stereocenters. The minimum atomic E-state index is -1.01. The first-order valence-corrected chi connectivity index (χ1v) is 7.34. The fourth-order valence-electron chi connectivity index (χ4n) is 1.54. The molecule has 8 heteroatoms. The number of nitrogens with zero attached hydrogens (tertiary/aromatic N) is 3. The Balaban J connectivity index is 1.86. The predicted octanol–water partition coefficient (Wildman–Crippen LogP) is 2.07. The zero-order valence-electron chi connectivity index (χ0n) is 11.7. The number of hydrogen-bond acceptors (Lipinski definition) is 7. The van der Waals surface area contributed by atoms with Gasteiger partial charge in [-0.05, 0) is 13.8 Å². The second-order valence-electron chi connectivity index (χ2n) is 4.49. The van der Waals surface area contributed by atoms with Crippen LogP contribution in [0.4, 0.5) is 5.95 Å². The molecule has 0 amide bonds. The predicted molar refractivity (Wildman–Crippen MR) is 79.1 cm³/mol. The molecular weight excluding hydrogens is 292 g/mol. The van der Waals surface area contributed by atoms with E-state index in [2.05, 4.69) is 20.3 Å². The normalized spacial score (nSPS) is 10.6. The Hall–Kier alpha value is -2.22. The molecule has 0 aromatic carbocycles. The molecular formula is C13H16N4O3S. The molecule has 0 atom stereocenters. The van der Waals surface area contributed by atoms with Gasteiger partial charge in [0, 0.05) is 30.6 Å². The summed E-state index contributed by atoms with van der Waals surface area (Å²) in [5, 5.41) is 14.2. The summed E-state index contributed by atoms with van der Waals surface area (Å²) in [6, 6.07) is 1.70. The number of aromatic carboxylic acids is 1. The quantitative estimate of drug-likeness (QED) is 0.808. The lowest BCUT2D eigenvalue weighted by Crippen LogP contribution is -2.11. The van der Waals surface area contributed by atoms with Crippen LogP contribution in [0.2, 0.25) is 0 Å². The van der Waals surface area contributed by atoms with Gasteiger partial charge >= 0.3 is 5.97 Å². The van der Waals surface area contributed by atoms with Crippen molar-refractivity contribution in [1.29, 1.82) is 0 Å². The maximum absolute atomic E-state index is 10.7. The fraction of sp³-hybridized carbons (Fsp3) is 0.385. The van der Waals surface area contributed by atoms with Gasteiger partial charge in [-0.25, -0.2) is 14.8 Å². The van der Waals surface area contributed by atoms with Crippen molar-refractivity contribution in [2.45, 2.75) is 26.4 Å². The molecule has 2 heterocycles. The van der Waals surface area contributed by atoms with Gasteiger partial charge in [0.1, 0.15) is 0 Å². The Morgan fingerprint density at radius 3 is 2.95 bits per heavy atom. The highest BCUT2D eigenvalue weighted by atomic mass is 32.1. The average molecular weight is 308 g/mol. The smallest absolute Gasteiger partial charge is 0.355 e. The monoisotopic (exact) mass is 308 g/mol. The van der Waals surface area contributed by atoms with E-state index in [4.69, 9.17) is 9.84 Å². The summed E-state index contributed by atoms with van der Waals surface area (Å²) in [4.78, 5) is 23.1. The van der Waals surface area contributed by atoms with Gasteiger partial charge in [-0.3, -0.25) is 0 Å². The number of anilines is 1.